The summed E-state index contributed by atoms with van der Waals surface area (Å²) < 4.78 is 10.6. The minimum absolute atomic E-state index is 0.0887. The molecule has 0 unspecified atom stereocenters. The molecule has 2 rings (SSSR count). The average Bonchev–Trinajstić information content (AvgIpc) is 2.61. The van der Waals surface area contributed by atoms with E-state index in [0.29, 0.717) is 23.0 Å². The molecule has 0 atom stereocenters. The van der Waals surface area contributed by atoms with E-state index in [4.69, 9.17) is 21.7 Å². The predicted octanol–water partition coefficient (Wildman–Crippen LogP) is 3.51. The fourth-order valence-corrected chi connectivity index (χ4v) is 2.13. The Morgan fingerprint density at radius 1 is 1.24 bits per heavy atom. The fourth-order valence-electron chi connectivity index (χ4n) is 1.96. The SMILES string of the molecule is CCCOc1ccc(/C=N/NC(=S)Nc2cccc(OC)c2)c(O)c1. The molecule has 0 heterocycles. The summed E-state index contributed by atoms with van der Waals surface area (Å²) >= 11 is 5.17. The molecule has 2 aromatic carbocycles. The van der Waals surface area contributed by atoms with E-state index in [-0.39, 0.29) is 5.75 Å². The third-order valence-electron chi connectivity index (χ3n) is 3.17. The highest BCUT2D eigenvalue weighted by molar-refractivity contribution is 7.80. The first-order chi connectivity index (χ1) is 12.1. The quantitative estimate of drug-likeness (QED) is 0.399. The third-order valence-corrected chi connectivity index (χ3v) is 3.37. The molecule has 0 fully saturated rings. The Bertz CT molecular complexity index is 750. The molecule has 0 aliphatic rings. The number of hydrazone groups is 1. The lowest BCUT2D eigenvalue weighted by molar-refractivity contribution is 0.315. The van der Waals surface area contributed by atoms with Gasteiger partial charge in [-0.3, -0.25) is 5.43 Å². The summed E-state index contributed by atoms with van der Waals surface area (Å²) in [4.78, 5) is 0. The second-order valence-electron chi connectivity index (χ2n) is 5.13. The van der Waals surface area contributed by atoms with E-state index in [1.807, 2.05) is 31.2 Å². The molecule has 0 aromatic heterocycles. The van der Waals surface area contributed by atoms with Crippen LogP contribution in [0.15, 0.2) is 47.6 Å². The van der Waals surface area contributed by atoms with Crippen LogP contribution >= 0.6 is 12.2 Å². The summed E-state index contributed by atoms with van der Waals surface area (Å²) in [6.07, 6.45) is 2.39. The first kappa shape index (κ1) is 18.5. The number of nitrogens with zero attached hydrogens (tertiary/aromatic N) is 1. The van der Waals surface area contributed by atoms with Gasteiger partial charge in [0.15, 0.2) is 5.11 Å². The lowest BCUT2D eigenvalue weighted by atomic mass is 10.2. The van der Waals surface area contributed by atoms with Crippen LogP contribution in [0.5, 0.6) is 17.2 Å². The van der Waals surface area contributed by atoms with Crippen molar-refractivity contribution in [2.45, 2.75) is 13.3 Å². The summed E-state index contributed by atoms with van der Waals surface area (Å²) in [5.74, 6) is 1.44. The first-order valence-electron chi connectivity index (χ1n) is 7.82. The molecule has 0 amide bonds. The molecule has 0 bridgehead atoms. The molecule has 6 nitrogen and oxygen atoms in total. The van der Waals surface area contributed by atoms with Crippen molar-refractivity contribution in [2.75, 3.05) is 19.0 Å². The summed E-state index contributed by atoms with van der Waals surface area (Å²) in [6.45, 7) is 2.63. The molecule has 0 aliphatic carbocycles. The van der Waals surface area contributed by atoms with Gasteiger partial charge in [-0.25, -0.2) is 0 Å². The van der Waals surface area contributed by atoms with Crippen LogP contribution in [0.1, 0.15) is 18.9 Å². The Kier molecular flexibility index (Phi) is 7.03. The van der Waals surface area contributed by atoms with Crippen molar-refractivity contribution < 1.29 is 14.6 Å². The highest BCUT2D eigenvalue weighted by atomic mass is 32.1. The van der Waals surface area contributed by atoms with Crippen molar-refractivity contribution in [1.82, 2.24) is 5.43 Å². The minimum atomic E-state index is 0.0887. The zero-order chi connectivity index (χ0) is 18.1. The van der Waals surface area contributed by atoms with Crippen molar-refractivity contribution in [1.29, 1.82) is 0 Å². The second kappa shape index (κ2) is 9.48. The molecule has 25 heavy (non-hydrogen) atoms. The molecule has 0 saturated carbocycles. The number of phenolic OH excluding ortho intramolecular Hbond substituents is 1. The molecular formula is C18H21N3O3S. The predicted molar refractivity (Wildman–Crippen MR) is 104 cm³/mol. The van der Waals surface area contributed by atoms with Crippen molar-refractivity contribution in [2.24, 2.45) is 5.10 Å². The molecule has 0 radical (unpaired) electrons. The van der Waals surface area contributed by atoms with Crippen LogP contribution in [0.3, 0.4) is 0 Å². The highest BCUT2D eigenvalue weighted by Gasteiger charge is 2.02. The zero-order valence-corrected chi connectivity index (χ0v) is 15.0. The number of benzene rings is 2. The van der Waals surface area contributed by atoms with Crippen molar-refractivity contribution >= 4 is 29.2 Å². The Morgan fingerprint density at radius 2 is 2.08 bits per heavy atom. The van der Waals surface area contributed by atoms with Gasteiger partial charge in [-0.15, -0.1) is 0 Å². The smallest absolute Gasteiger partial charge is 0.191 e. The molecule has 0 saturated heterocycles. The number of methoxy groups -OCH3 is 1. The summed E-state index contributed by atoms with van der Waals surface area (Å²) in [5, 5.41) is 17.3. The van der Waals surface area contributed by atoms with Gasteiger partial charge in [0.1, 0.15) is 17.2 Å². The van der Waals surface area contributed by atoms with Gasteiger partial charge in [-0.05, 0) is 42.9 Å². The Hall–Kier alpha value is -2.80. The maximum atomic E-state index is 9.99. The van der Waals surface area contributed by atoms with Gasteiger partial charge >= 0.3 is 0 Å². The van der Waals surface area contributed by atoms with E-state index in [9.17, 15) is 5.11 Å². The van der Waals surface area contributed by atoms with Gasteiger partial charge in [-0.1, -0.05) is 13.0 Å². The van der Waals surface area contributed by atoms with Gasteiger partial charge in [-0.2, -0.15) is 5.10 Å². The van der Waals surface area contributed by atoms with Gasteiger partial charge < -0.3 is 19.9 Å². The average molecular weight is 359 g/mol. The van der Waals surface area contributed by atoms with Crippen LogP contribution < -0.4 is 20.2 Å². The van der Waals surface area contributed by atoms with E-state index >= 15 is 0 Å². The number of thiocarbonyl (C=S) groups is 1. The molecular weight excluding hydrogens is 338 g/mol. The number of anilines is 1. The monoisotopic (exact) mass is 359 g/mol. The summed E-state index contributed by atoms with van der Waals surface area (Å²) in [5.41, 5.74) is 4.04. The van der Waals surface area contributed by atoms with Crippen LogP contribution in [0.2, 0.25) is 0 Å². The van der Waals surface area contributed by atoms with Gasteiger partial charge in [0.2, 0.25) is 0 Å². The van der Waals surface area contributed by atoms with Crippen molar-refractivity contribution in [3.05, 3.63) is 48.0 Å². The van der Waals surface area contributed by atoms with Crippen LogP contribution in [0, 0.1) is 0 Å². The summed E-state index contributed by atoms with van der Waals surface area (Å²) in [7, 11) is 1.60. The van der Waals surface area contributed by atoms with Crippen molar-refractivity contribution in [3.63, 3.8) is 0 Å². The number of phenols is 1. The van der Waals surface area contributed by atoms with Gasteiger partial charge in [0, 0.05) is 23.4 Å². The normalized spacial score (nSPS) is 10.5. The molecule has 0 aliphatic heterocycles. The third kappa shape index (κ3) is 5.96. The molecule has 0 spiro atoms. The second-order valence-corrected chi connectivity index (χ2v) is 5.53. The topological polar surface area (TPSA) is 75.1 Å². The lowest BCUT2D eigenvalue weighted by Crippen LogP contribution is -2.23. The van der Waals surface area contributed by atoms with Crippen molar-refractivity contribution in [3.8, 4) is 17.2 Å². The van der Waals surface area contributed by atoms with E-state index in [0.717, 1.165) is 17.9 Å². The molecule has 2 aromatic rings. The number of hydrogen-bond donors (Lipinski definition) is 3. The van der Waals surface area contributed by atoms with Gasteiger partial charge in [0.25, 0.3) is 0 Å². The molecule has 3 N–H and O–H groups in total. The maximum absolute atomic E-state index is 9.99. The summed E-state index contributed by atoms with van der Waals surface area (Å²) in [6, 6.07) is 12.4. The van der Waals surface area contributed by atoms with Crippen LogP contribution in [0.4, 0.5) is 5.69 Å². The number of rotatable bonds is 7. The van der Waals surface area contributed by atoms with Crippen LogP contribution in [-0.2, 0) is 0 Å². The Labute approximate surface area is 152 Å². The number of hydrogen-bond acceptors (Lipinski definition) is 5. The fraction of sp³-hybridized carbons (Fsp3) is 0.222. The van der Waals surface area contributed by atoms with Crippen LogP contribution in [0.25, 0.3) is 0 Å². The van der Waals surface area contributed by atoms with E-state index in [2.05, 4.69) is 15.8 Å². The maximum Gasteiger partial charge on any atom is 0.191 e. The lowest BCUT2D eigenvalue weighted by Gasteiger charge is -2.08. The van der Waals surface area contributed by atoms with E-state index in [1.165, 1.54) is 6.21 Å². The Morgan fingerprint density at radius 3 is 2.80 bits per heavy atom. The van der Waals surface area contributed by atoms with Crippen LogP contribution in [-0.4, -0.2) is 30.2 Å². The first-order valence-corrected chi connectivity index (χ1v) is 8.23. The highest BCUT2D eigenvalue weighted by Crippen LogP contribution is 2.22. The number of aromatic hydroxyl groups is 1. The number of nitrogens with one attached hydrogen (secondary N) is 2. The van der Waals surface area contributed by atoms with E-state index in [1.54, 1.807) is 25.3 Å². The molecule has 132 valence electrons. The minimum Gasteiger partial charge on any atom is -0.507 e. The number of ether oxygens (including phenoxy) is 2. The van der Waals surface area contributed by atoms with E-state index < -0.39 is 0 Å². The van der Waals surface area contributed by atoms with Gasteiger partial charge in [0.05, 0.1) is 19.9 Å². The zero-order valence-electron chi connectivity index (χ0n) is 14.2. The molecule has 7 heteroatoms. The largest absolute Gasteiger partial charge is 0.507 e. The standard InChI is InChI=1S/C18H21N3O3S/c1-3-9-24-16-8-7-13(17(22)11-16)12-19-21-18(25)20-14-5-4-6-15(10-14)23-2/h4-8,10-12,22H,3,9H2,1-2H3,(H2,20,21,25)/b19-12+. The Balaban J connectivity index is 1.90.